The van der Waals surface area contributed by atoms with Gasteiger partial charge in [-0.25, -0.2) is 0 Å². The molecule has 0 fully saturated rings. The Hall–Kier alpha value is -2.63. The van der Waals surface area contributed by atoms with Crippen molar-refractivity contribution in [2.75, 3.05) is 20.6 Å². The third-order valence-electron chi connectivity index (χ3n) is 2.98. The topological polar surface area (TPSA) is 75.4 Å². The fraction of sp³-hybridized carbons (Fsp3) is 0.267. The molecular weight excluding hydrogens is 270 g/mol. The fourth-order valence-electron chi connectivity index (χ4n) is 1.64. The van der Waals surface area contributed by atoms with E-state index in [2.05, 4.69) is 10.5 Å². The van der Waals surface area contributed by atoms with Gasteiger partial charge < -0.3 is 14.7 Å². The number of hydrogen-bond acceptors (Lipinski definition) is 4. The first kappa shape index (κ1) is 14.8. The molecule has 0 aliphatic rings. The maximum absolute atomic E-state index is 11.9. The molecule has 21 heavy (non-hydrogen) atoms. The number of hydrogen-bond donors (Lipinski definition) is 1. The Bertz CT molecular complexity index is 644. The van der Waals surface area contributed by atoms with E-state index in [4.69, 9.17) is 4.52 Å². The first-order chi connectivity index (χ1) is 9.97. The van der Waals surface area contributed by atoms with E-state index in [-0.39, 0.29) is 18.1 Å². The van der Waals surface area contributed by atoms with Gasteiger partial charge in [0.15, 0.2) is 11.5 Å². The summed E-state index contributed by atoms with van der Waals surface area (Å²) < 4.78 is 5.16. The summed E-state index contributed by atoms with van der Waals surface area (Å²) in [5.74, 6) is -0.114. The molecule has 1 N–H and O–H groups in total. The Kier molecular flexibility index (Phi) is 4.37. The highest BCUT2D eigenvalue weighted by molar-refractivity contribution is 5.95. The molecule has 1 aromatic carbocycles. The normalized spacial score (nSPS) is 10.2. The van der Waals surface area contributed by atoms with Gasteiger partial charge in [0, 0.05) is 25.7 Å². The molecule has 0 saturated carbocycles. The molecule has 0 aliphatic carbocycles. The van der Waals surface area contributed by atoms with Crippen molar-refractivity contribution < 1.29 is 14.1 Å². The number of carbonyl (C=O) groups excluding carboxylic acids is 2. The molecule has 0 unspecified atom stereocenters. The van der Waals surface area contributed by atoms with Crippen LogP contribution >= 0.6 is 0 Å². The van der Waals surface area contributed by atoms with E-state index in [1.807, 2.05) is 31.2 Å². The second-order valence-corrected chi connectivity index (χ2v) is 4.91. The monoisotopic (exact) mass is 287 g/mol. The van der Waals surface area contributed by atoms with Gasteiger partial charge >= 0.3 is 0 Å². The van der Waals surface area contributed by atoms with Gasteiger partial charge in [-0.05, 0) is 6.92 Å². The van der Waals surface area contributed by atoms with Crippen molar-refractivity contribution in [3.63, 3.8) is 0 Å². The Labute approximate surface area is 122 Å². The van der Waals surface area contributed by atoms with Gasteiger partial charge in [-0.1, -0.05) is 35.0 Å². The number of aromatic nitrogens is 1. The van der Waals surface area contributed by atoms with Crippen molar-refractivity contribution in [2.45, 2.75) is 6.92 Å². The third-order valence-corrected chi connectivity index (χ3v) is 2.98. The van der Waals surface area contributed by atoms with Crippen LogP contribution in [0.1, 0.15) is 16.1 Å². The van der Waals surface area contributed by atoms with Crippen molar-refractivity contribution in [3.05, 3.63) is 41.6 Å². The minimum absolute atomic E-state index is 0.0709. The Morgan fingerprint density at radius 1 is 1.24 bits per heavy atom. The minimum Gasteiger partial charge on any atom is -0.355 e. The van der Waals surface area contributed by atoms with Gasteiger partial charge in [0.25, 0.3) is 5.91 Å². The molecule has 0 bridgehead atoms. The maximum atomic E-state index is 11.9. The number of nitrogens with zero attached hydrogens (tertiary/aromatic N) is 2. The summed E-state index contributed by atoms with van der Waals surface area (Å²) >= 11 is 0. The van der Waals surface area contributed by atoms with Crippen LogP contribution in [-0.2, 0) is 4.79 Å². The van der Waals surface area contributed by atoms with Gasteiger partial charge in [0.1, 0.15) is 0 Å². The number of benzene rings is 1. The van der Waals surface area contributed by atoms with E-state index in [1.165, 1.54) is 4.90 Å². The molecule has 0 atom stereocenters. The van der Waals surface area contributed by atoms with Gasteiger partial charge in [-0.2, -0.15) is 0 Å². The average molecular weight is 287 g/mol. The van der Waals surface area contributed by atoms with E-state index in [0.29, 0.717) is 5.76 Å². The van der Waals surface area contributed by atoms with Crippen molar-refractivity contribution in [2.24, 2.45) is 0 Å². The highest BCUT2D eigenvalue weighted by atomic mass is 16.5. The molecule has 0 spiro atoms. The zero-order chi connectivity index (χ0) is 15.4. The molecule has 0 aliphatic heterocycles. The van der Waals surface area contributed by atoms with Gasteiger partial charge in [-0.15, -0.1) is 0 Å². The summed E-state index contributed by atoms with van der Waals surface area (Å²) in [6.45, 7) is 1.92. The predicted molar refractivity (Wildman–Crippen MR) is 77.7 cm³/mol. The van der Waals surface area contributed by atoms with Crippen LogP contribution in [0.4, 0.5) is 0 Å². The summed E-state index contributed by atoms with van der Waals surface area (Å²) in [6, 6.07) is 9.25. The van der Waals surface area contributed by atoms with Crippen LogP contribution in [0.15, 0.2) is 34.9 Å². The molecule has 2 aromatic rings. The number of rotatable bonds is 4. The largest absolute Gasteiger partial charge is 0.355 e. The number of nitrogens with one attached hydrogen (secondary N) is 1. The molecule has 1 aromatic heterocycles. The molecule has 1 heterocycles. The van der Waals surface area contributed by atoms with Crippen LogP contribution in [0.25, 0.3) is 11.3 Å². The lowest BCUT2D eigenvalue weighted by molar-refractivity contribution is -0.127. The van der Waals surface area contributed by atoms with Crippen molar-refractivity contribution in [1.82, 2.24) is 15.4 Å². The maximum Gasteiger partial charge on any atom is 0.273 e. The number of aryl methyl sites for hydroxylation is 1. The molecular formula is C15H17N3O3. The highest BCUT2D eigenvalue weighted by Gasteiger charge is 2.15. The molecule has 2 amide bonds. The van der Waals surface area contributed by atoms with Crippen LogP contribution < -0.4 is 5.32 Å². The van der Waals surface area contributed by atoms with Crippen molar-refractivity contribution in [3.8, 4) is 11.3 Å². The zero-order valence-corrected chi connectivity index (χ0v) is 12.2. The van der Waals surface area contributed by atoms with Gasteiger partial charge in [0.2, 0.25) is 5.91 Å². The lowest BCUT2D eigenvalue weighted by Gasteiger charge is -2.09. The lowest BCUT2D eigenvalue weighted by Crippen LogP contribution is -2.36. The van der Waals surface area contributed by atoms with Crippen LogP contribution in [0.3, 0.4) is 0 Å². The van der Waals surface area contributed by atoms with Crippen LogP contribution in [-0.4, -0.2) is 42.5 Å². The molecule has 6 nitrogen and oxygen atoms in total. The summed E-state index contributed by atoms with van der Waals surface area (Å²) in [7, 11) is 3.25. The molecule has 0 saturated heterocycles. The summed E-state index contributed by atoms with van der Waals surface area (Å²) in [5.41, 5.74) is 2.13. The van der Waals surface area contributed by atoms with Crippen LogP contribution in [0.5, 0.6) is 0 Å². The SMILES string of the molecule is Cc1ccc(-c2cc(C(=O)NCC(=O)N(C)C)no2)cc1. The predicted octanol–water partition coefficient (Wildman–Crippen LogP) is 1.47. The van der Waals surface area contributed by atoms with Crippen LogP contribution in [0.2, 0.25) is 0 Å². The molecule has 110 valence electrons. The number of likely N-dealkylation sites (N-methyl/N-ethyl adjacent to an activating group) is 1. The van der Waals surface area contributed by atoms with E-state index < -0.39 is 5.91 Å². The second kappa shape index (κ2) is 6.21. The van der Waals surface area contributed by atoms with E-state index in [0.717, 1.165) is 11.1 Å². The third kappa shape index (κ3) is 3.68. The average Bonchev–Trinajstić information content (AvgIpc) is 2.94. The zero-order valence-electron chi connectivity index (χ0n) is 12.2. The fourth-order valence-corrected chi connectivity index (χ4v) is 1.64. The Morgan fingerprint density at radius 2 is 1.90 bits per heavy atom. The van der Waals surface area contributed by atoms with Gasteiger partial charge in [-0.3, -0.25) is 9.59 Å². The van der Waals surface area contributed by atoms with Crippen LogP contribution in [0, 0.1) is 6.92 Å². The Morgan fingerprint density at radius 3 is 2.52 bits per heavy atom. The van der Waals surface area contributed by atoms with E-state index in [9.17, 15) is 9.59 Å². The molecule has 0 radical (unpaired) electrons. The van der Waals surface area contributed by atoms with Crippen molar-refractivity contribution >= 4 is 11.8 Å². The summed E-state index contributed by atoms with van der Waals surface area (Å²) in [6.07, 6.45) is 0. The highest BCUT2D eigenvalue weighted by Crippen LogP contribution is 2.20. The van der Waals surface area contributed by atoms with E-state index >= 15 is 0 Å². The summed E-state index contributed by atoms with van der Waals surface area (Å²) in [5, 5.41) is 6.23. The first-order valence-corrected chi connectivity index (χ1v) is 6.49. The van der Waals surface area contributed by atoms with Gasteiger partial charge in [0.05, 0.1) is 6.54 Å². The summed E-state index contributed by atoms with van der Waals surface area (Å²) in [4.78, 5) is 24.7. The van der Waals surface area contributed by atoms with Crippen molar-refractivity contribution in [1.29, 1.82) is 0 Å². The second-order valence-electron chi connectivity index (χ2n) is 4.91. The molecule has 2 rings (SSSR count). The minimum atomic E-state index is -0.438. The lowest BCUT2D eigenvalue weighted by atomic mass is 10.1. The van der Waals surface area contributed by atoms with E-state index in [1.54, 1.807) is 20.2 Å². The molecule has 6 heteroatoms. The quantitative estimate of drug-likeness (QED) is 0.924. The standard InChI is InChI=1S/C15H17N3O3/c1-10-4-6-11(7-5-10)13-8-12(17-21-13)15(20)16-9-14(19)18(2)3/h4-8H,9H2,1-3H3,(H,16,20). The Balaban J connectivity index is 2.04. The number of carbonyl (C=O) groups is 2. The number of amides is 2. The smallest absolute Gasteiger partial charge is 0.273 e. The first-order valence-electron chi connectivity index (χ1n) is 6.49.